The summed E-state index contributed by atoms with van der Waals surface area (Å²) in [5, 5.41) is 5.93. The van der Waals surface area contributed by atoms with Gasteiger partial charge in [0.1, 0.15) is 5.82 Å². The van der Waals surface area contributed by atoms with Gasteiger partial charge in [0.25, 0.3) is 0 Å². The van der Waals surface area contributed by atoms with Gasteiger partial charge in [-0.3, -0.25) is 4.79 Å². The summed E-state index contributed by atoms with van der Waals surface area (Å²) in [6.07, 6.45) is 2.08. The Hall–Kier alpha value is -1.39. The number of fused-ring (bicyclic) bond motifs is 1. The van der Waals surface area contributed by atoms with Crippen molar-refractivity contribution in [2.75, 3.05) is 6.54 Å². The number of benzene rings is 1. The van der Waals surface area contributed by atoms with Crippen LogP contribution in [0.1, 0.15) is 5.56 Å². The Morgan fingerprint density at radius 2 is 2.39 bits per heavy atom. The fourth-order valence-electron chi connectivity index (χ4n) is 2.26. The first-order chi connectivity index (χ1) is 8.66. The molecule has 1 fully saturated rings. The Kier molecular flexibility index (Phi) is 2.84. The van der Waals surface area contributed by atoms with E-state index in [0.717, 1.165) is 6.54 Å². The van der Waals surface area contributed by atoms with Crippen LogP contribution >= 0.6 is 11.6 Å². The number of carbonyl (C=O) groups is 1. The molecule has 0 bridgehead atoms. The summed E-state index contributed by atoms with van der Waals surface area (Å²) < 4.78 is 13.6. The van der Waals surface area contributed by atoms with Gasteiger partial charge in [0.05, 0.1) is 11.1 Å². The maximum atomic E-state index is 13.6. The summed E-state index contributed by atoms with van der Waals surface area (Å²) in [7, 11) is 0. The van der Waals surface area contributed by atoms with Gasteiger partial charge in [0.15, 0.2) is 0 Å². The van der Waals surface area contributed by atoms with Crippen LogP contribution in [-0.4, -0.2) is 18.5 Å². The summed E-state index contributed by atoms with van der Waals surface area (Å²) in [5.41, 5.74) is 1.70. The first kappa shape index (κ1) is 11.7. The first-order valence-corrected chi connectivity index (χ1v) is 6.19. The lowest BCUT2D eigenvalue weighted by Crippen LogP contribution is -2.42. The van der Waals surface area contributed by atoms with Crippen LogP contribution in [0, 0.1) is 11.7 Å². The molecule has 2 N–H and O–H groups in total. The van der Waals surface area contributed by atoms with Crippen molar-refractivity contribution in [3.05, 3.63) is 46.3 Å². The average molecular weight is 267 g/mol. The maximum Gasteiger partial charge on any atom is 0.238 e. The second-order valence-corrected chi connectivity index (χ2v) is 4.96. The monoisotopic (exact) mass is 266 g/mol. The molecule has 2 unspecified atom stereocenters. The fourth-order valence-corrected chi connectivity index (χ4v) is 2.45. The fraction of sp³-hybridized carbons (Fsp3) is 0.308. The van der Waals surface area contributed by atoms with Gasteiger partial charge >= 0.3 is 0 Å². The van der Waals surface area contributed by atoms with E-state index >= 15 is 0 Å². The van der Waals surface area contributed by atoms with Crippen molar-refractivity contribution in [2.45, 2.75) is 12.6 Å². The zero-order valence-corrected chi connectivity index (χ0v) is 10.3. The highest BCUT2D eigenvalue weighted by molar-refractivity contribution is 6.30. The van der Waals surface area contributed by atoms with Crippen LogP contribution in [-0.2, 0) is 11.3 Å². The molecule has 0 saturated carbocycles. The quantitative estimate of drug-likeness (QED) is 0.817. The Morgan fingerprint density at radius 3 is 3.06 bits per heavy atom. The predicted octanol–water partition coefficient (Wildman–Crippen LogP) is 1.62. The largest absolute Gasteiger partial charge is 0.351 e. The maximum absolute atomic E-state index is 13.6. The summed E-state index contributed by atoms with van der Waals surface area (Å²) in [6.45, 7) is 0.944. The SMILES string of the molecule is O=C(NCc1cccc(Cl)c1F)C1NCC2=CC21. The molecule has 0 aromatic heterocycles. The Labute approximate surface area is 109 Å². The number of hydrogen-bond acceptors (Lipinski definition) is 2. The minimum Gasteiger partial charge on any atom is -0.351 e. The Morgan fingerprint density at radius 1 is 1.56 bits per heavy atom. The van der Waals surface area contributed by atoms with Crippen LogP contribution in [0.3, 0.4) is 0 Å². The van der Waals surface area contributed by atoms with Crippen molar-refractivity contribution in [3.63, 3.8) is 0 Å². The lowest BCUT2D eigenvalue weighted by Gasteiger charge is -2.13. The normalized spacial score (nSPS) is 24.4. The molecule has 5 heteroatoms. The van der Waals surface area contributed by atoms with E-state index < -0.39 is 5.82 Å². The number of halogens is 2. The number of carbonyl (C=O) groups excluding carboxylic acids is 1. The van der Waals surface area contributed by atoms with Crippen LogP contribution in [0.25, 0.3) is 0 Å². The second-order valence-electron chi connectivity index (χ2n) is 4.56. The molecule has 1 amide bonds. The van der Waals surface area contributed by atoms with Gasteiger partial charge in [-0.2, -0.15) is 0 Å². The molecule has 1 aliphatic carbocycles. The van der Waals surface area contributed by atoms with Crippen molar-refractivity contribution >= 4 is 17.5 Å². The highest BCUT2D eigenvalue weighted by atomic mass is 35.5. The highest BCUT2D eigenvalue weighted by Gasteiger charge is 2.42. The minimum atomic E-state index is -0.468. The van der Waals surface area contributed by atoms with E-state index in [9.17, 15) is 9.18 Å². The van der Waals surface area contributed by atoms with Crippen LogP contribution in [0.5, 0.6) is 0 Å². The molecule has 1 heterocycles. The average Bonchev–Trinajstić information content (AvgIpc) is 3.02. The molecule has 2 atom stereocenters. The topological polar surface area (TPSA) is 41.1 Å². The van der Waals surface area contributed by atoms with E-state index in [1.54, 1.807) is 12.1 Å². The van der Waals surface area contributed by atoms with Crippen LogP contribution in [0.15, 0.2) is 29.8 Å². The van der Waals surface area contributed by atoms with E-state index in [4.69, 9.17) is 11.6 Å². The molecule has 3 rings (SSSR count). The molecular formula is C13H12ClFN2O. The molecule has 1 aromatic rings. The molecule has 0 spiro atoms. The van der Waals surface area contributed by atoms with Gasteiger partial charge in [-0.15, -0.1) is 0 Å². The third-order valence-electron chi connectivity index (χ3n) is 3.36. The smallest absolute Gasteiger partial charge is 0.238 e. The molecule has 3 nitrogen and oxygen atoms in total. The summed E-state index contributed by atoms with van der Waals surface area (Å²) in [6, 6.07) is 4.58. The second kappa shape index (κ2) is 4.37. The van der Waals surface area contributed by atoms with Crippen molar-refractivity contribution in [1.29, 1.82) is 0 Å². The zero-order valence-electron chi connectivity index (χ0n) is 9.54. The highest BCUT2D eigenvalue weighted by Crippen LogP contribution is 2.36. The van der Waals surface area contributed by atoms with Crippen molar-refractivity contribution < 1.29 is 9.18 Å². The van der Waals surface area contributed by atoms with Gasteiger partial charge in [-0.25, -0.2) is 4.39 Å². The third-order valence-corrected chi connectivity index (χ3v) is 3.66. The molecule has 18 heavy (non-hydrogen) atoms. The molecule has 0 radical (unpaired) electrons. The van der Waals surface area contributed by atoms with Gasteiger partial charge in [-0.05, 0) is 6.07 Å². The van der Waals surface area contributed by atoms with E-state index in [-0.39, 0.29) is 29.4 Å². The molecule has 2 aliphatic rings. The minimum absolute atomic E-state index is 0.0758. The van der Waals surface area contributed by atoms with Crippen LogP contribution in [0.2, 0.25) is 5.02 Å². The molecule has 1 aromatic carbocycles. The van der Waals surface area contributed by atoms with Gasteiger partial charge < -0.3 is 10.6 Å². The van der Waals surface area contributed by atoms with Crippen LogP contribution in [0.4, 0.5) is 4.39 Å². The zero-order chi connectivity index (χ0) is 12.7. The number of hydrogen-bond donors (Lipinski definition) is 2. The summed E-state index contributed by atoms with van der Waals surface area (Å²) in [5.74, 6) is -0.290. The molecule has 1 aliphatic heterocycles. The van der Waals surface area contributed by atoms with E-state index in [0.29, 0.717) is 5.56 Å². The number of nitrogens with one attached hydrogen (secondary N) is 2. The molecular weight excluding hydrogens is 255 g/mol. The Balaban J connectivity index is 1.61. The predicted molar refractivity (Wildman–Crippen MR) is 66.6 cm³/mol. The van der Waals surface area contributed by atoms with Crippen molar-refractivity contribution in [3.8, 4) is 0 Å². The molecule has 1 saturated heterocycles. The third kappa shape index (κ3) is 2.02. The summed E-state index contributed by atoms with van der Waals surface area (Å²) in [4.78, 5) is 11.9. The van der Waals surface area contributed by atoms with Gasteiger partial charge in [0.2, 0.25) is 5.91 Å². The number of amides is 1. The Bertz CT molecular complexity index is 544. The standard InChI is InChI=1S/C13H12ClFN2O/c14-10-3-1-2-7(11(10)15)5-17-13(18)12-9-4-8(9)6-16-12/h1-4,9,12,16H,5-6H2,(H,17,18). The summed E-state index contributed by atoms with van der Waals surface area (Å²) >= 11 is 5.68. The molecule has 94 valence electrons. The lowest BCUT2D eigenvalue weighted by molar-refractivity contribution is -0.123. The van der Waals surface area contributed by atoms with Crippen LogP contribution < -0.4 is 10.6 Å². The first-order valence-electron chi connectivity index (χ1n) is 5.81. The lowest BCUT2D eigenvalue weighted by atomic mass is 10.1. The van der Waals surface area contributed by atoms with Crippen molar-refractivity contribution in [1.82, 2.24) is 10.6 Å². The van der Waals surface area contributed by atoms with Gasteiger partial charge in [0, 0.05) is 24.6 Å². The van der Waals surface area contributed by atoms with E-state index in [1.807, 2.05) is 0 Å². The van der Waals surface area contributed by atoms with E-state index in [2.05, 4.69) is 16.7 Å². The number of rotatable bonds is 3. The van der Waals surface area contributed by atoms with E-state index in [1.165, 1.54) is 11.6 Å². The van der Waals surface area contributed by atoms with Gasteiger partial charge in [-0.1, -0.05) is 35.4 Å². The van der Waals surface area contributed by atoms with Crippen molar-refractivity contribution in [2.24, 2.45) is 5.92 Å².